The van der Waals surface area contributed by atoms with Crippen LogP contribution in [0.15, 0.2) is 66.7 Å². The molecule has 0 unspecified atom stereocenters. The van der Waals surface area contributed by atoms with Crippen LogP contribution < -0.4 is 9.47 Å². The number of fused-ring (bicyclic) bond motifs is 4. The van der Waals surface area contributed by atoms with Crippen LogP contribution in [-0.2, 0) is 6.54 Å². The standard InChI is InChI=1S/C25H24N2O2/c1-3-7-22-20(5-1)21-6-2-4-8-23(21)27(22)19-11-13-26(14-12-19)16-18-9-10-24-25(15-18)29-17-28-24/h1-10,15,19H,11-14,16-17H2. The molecule has 4 heteroatoms. The van der Waals surface area contributed by atoms with E-state index in [1.54, 1.807) is 0 Å². The van der Waals surface area contributed by atoms with Gasteiger partial charge in [-0.25, -0.2) is 0 Å². The average molecular weight is 384 g/mol. The average Bonchev–Trinajstić information content (AvgIpc) is 3.36. The molecule has 0 atom stereocenters. The lowest BCUT2D eigenvalue weighted by Gasteiger charge is -2.33. The van der Waals surface area contributed by atoms with Gasteiger partial charge in [0.15, 0.2) is 11.5 Å². The molecule has 1 saturated heterocycles. The van der Waals surface area contributed by atoms with Gasteiger partial charge in [-0.05, 0) is 42.7 Å². The number of rotatable bonds is 3. The topological polar surface area (TPSA) is 26.6 Å². The summed E-state index contributed by atoms with van der Waals surface area (Å²) >= 11 is 0. The zero-order chi connectivity index (χ0) is 19.2. The minimum absolute atomic E-state index is 0.336. The predicted molar refractivity (Wildman–Crippen MR) is 116 cm³/mol. The highest BCUT2D eigenvalue weighted by atomic mass is 16.7. The number of likely N-dealkylation sites (tertiary alicyclic amines) is 1. The Morgan fingerprint density at radius 3 is 2.14 bits per heavy atom. The highest BCUT2D eigenvalue weighted by Crippen LogP contribution is 2.36. The van der Waals surface area contributed by atoms with Gasteiger partial charge in [0.2, 0.25) is 6.79 Å². The van der Waals surface area contributed by atoms with Crippen molar-refractivity contribution < 1.29 is 9.47 Å². The summed E-state index contributed by atoms with van der Waals surface area (Å²) in [7, 11) is 0. The Morgan fingerprint density at radius 2 is 1.41 bits per heavy atom. The van der Waals surface area contributed by atoms with Crippen LogP contribution in [-0.4, -0.2) is 29.3 Å². The van der Waals surface area contributed by atoms with Gasteiger partial charge in [0.25, 0.3) is 0 Å². The first kappa shape index (κ1) is 16.9. The number of hydrogen-bond donors (Lipinski definition) is 0. The molecule has 0 N–H and O–H groups in total. The van der Waals surface area contributed by atoms with Gasteiger partial charge in [-0.15, -0.1) is 0 Å². The normalized spacial score (nSPS) is 17.4. The number of piperidine rings is 1. The van der Waals surface area contributed by atoms with Crippen LogP contribution >= 0.6 is 0 Å². The van der Waals surface area contributed by atoms with E-state index in [0.29, 0.717) is 12.8 Å². The molecule has 0 bridgehead atoms. The molecule has 29 heavy (non-hydrogen) atoms. The predicted octanol–water partition coefficient (Wildman–Crippen LogP) is 5.36. The lowest BCUT2D eigenvalue weighted by Crippen LogP contribution is -2.34. The molecule has 0 amide bonds. The third-order valence-corrected chi connectivity index (χ3v) is 6.38. The number of benzene rings is 3. The van der Waals surface area contributed by atoms with Crippen molar-refractivity contribution in [3.63, 3.8) is 0 Å². The zero-order valence-electron chi connectivity index (χ0n) is 16.4. The fourth-order valence-corrected chi connectivity index (χ4v) is 4.98. The zero-order valence-corrected chi connectivity index (χ0v) is 16.4. The Labute approximate surface area is 170 Å². The third kappa shape index (κ3) is 2.87. The Balaban J connectivity index is 1.23. The Morgan fingerprint density at radius 1 is 0.759 bits per heavy atom. The molecule has 0 radical (unpaired) electrons. The van der Waals surface area contributed by atoms with E-state index in [1.165, 1.54) is 40.2 Å². The fraction of sp³-hybridized carbons (Fsp3) is 0.280. The first-order valence-corrected chi connectivity index (χ1v) is 10.5. The quantitative estimate of drug-likeness (QED) is 0.476. The van der Waals surface area contributed by atoms with E-state index in [4.69, 9.17) is 9.47 Å². The maximum atomic E-state index is 5.53. The van der Waals surface area contributed by atoms with Gasteiger partial charge in [-0.3, -0.25) is 4.90 Å². The number of para-hydroxylation sites is 2. The first-order chi connectivity index (χ1) is 14.4. The van der Waals surface area contributed by atoms with Crippen LogP contribution in [0.5, 0.6) is 11.5 Å². The van der Waals surface area contributed by atoms with E-state index in [1.807, 2.05) is 6.07 Å². The van der Waals surface area contributed by atoms with Crippen LogP contribution in [0.2, 0.25) is 0 Å². The van der Waals surface area contributed by atoms with Crippen molar-refractivity contribution in [2.75, 3.05) is 19.9 Å². The molecular formula is C25H24N2O2. The second-order valence-electron chi connectivity index (χ2n) is 8.10. The number of hydrogen-bond acceptors (Lipinski definition) is 3. The van der Waals surface area contributed by atoms with Gasteiger partial charge in [-0.1, -0.05) is 42.5 Å². The van der Waals surface area contributed by atoms with Crippen molar-refractivity contribution in [1.29, 1.82) is 0 Å². The molecule has 0 saturated carbocycles. The van der Waals surface area contributed by atoms with Crippen molar-refractivity contribution in [3.8, 4) is 11.5 Å². The summed E-state index contributed by atoms with van der Waals surface area (Å²) in [5.41, 5.74) is 4.02. The smallest absolute Gasteiger partial charge is 0.231 e. The van der Waals surface area contributed by atoms with Gasteiger partial charge in [0.1, 0.15) is 0 Å². The Bertz CT molecular complexity index is 1130. The molecule has 4 nitrogen and oxygen atoms in total. The summed E-state index contributed by atoms with van der Waals surface area (Å²) in [5, 5.41) is 2.73. The van der Waals surface area contributed by atoms with Crippen molar-refractivity contribution >= 4 is 21.8 Å². The Hall–Kier alpha value is -2.98. The SMILES string of the molecule is c1ccc2c(c1)c1ccccc1n2C1CCN(Cc2ccc3c(c2)OCO3)CC1. The molecule has 146 valence electrons. The molecule has 1 fully saturated rings. The summed E-state index contributed by atoms with van der Waals surface area (Å²) < 4.78 is 13.5. The van der Waals surface area contributed by atoms with Gasteiger partial charge in [-0.2, -0.15) is 0 Å². The summed E-state index contributed by atoms with van der Waals surface area (Å²) in [5.74, 6) is 1.74. The van der Waals surface area contributed by atoms with Crippen LogP contribution in [0.25, 0.3) is 21.8 Å². The van der Waals surface area contributed by atoms with E-state index < -0.39 is 0 Å². The van der Waals surface area contributed by atoms with E-state index >= 15 is 0 Å². The third-order valence-electron chi connectivity index (χ3n) is 6.38. The number of nitrogens with zero attached hydrogens (tertiary/aromatic N) is 2. The summed E-state index contributed by atoms with van der Waals surface area (Å²) in [4.78, 5) is 2.56. The summed E-state index contributed by atoms with van der Waals surface area (Å²) in [6.07, 6.45) is 2.35. The van der Waals surface area contributed by atoms with Gasteiger partial charge >= 0.3 is 0 Å². The molecule has 6 rings (SSSR count). The van der Waals surface area contributed by atoms with E-state index in [2.05, 4.69) is 70.1 Å². The highest BCUT2D eigenvalue weighted by Gasteiger charge is 2.24. The van der Waals surface area contributed by atoms with Gasteiger partial charge in [0, 0.05) is 47.5 Å². The maximum absolute atomic E-state index is 5.53. The largest absolute Gasteiger partial charge is 0.454 e. The van der Waals surface area contributed by atoms with E-state index in [0.717, 1.165) is 31.1 Å². The molecule has 1 aromatic heterocycles. The van der Waals surface area contributed by atoms with Crippen LogP contribution in [0.4, 0.5) is 0 Å². The van der Waals surface area contributed by atoms with Crippen molar-refractivity contribution in [1.82, 2.24) is 9.47 Å². The molecule has 0 spiro atoms. The molecule has 3 aromatic carbocycles. The van der Waals surface area contributed by atoms with Gasteiger partial charge in [0.05, 0.1) is 0 Å². The molecular weight excluding hydrogens is 360 g/mol. The van der Waals surface area contributed by atoms with Crippen LogP contribution in [0.3, 0.4) is 0 Å². The Kier molecular flexibility index (Phi) is 3.98. The molecule has 2 aliphatic rings. The summed E-state index contributed by atoms with van der Waals surface area (Å²) in [6.45, 7) is 3.53. The van der Waals surface area contributed by atoms with Gasteiger partial charge < -0.3 is 14.0 Å². The van der Waals surface area contributed by atoms with Crippen molar-refractivity contribution in [2.45, 2.75) is 25.4 Å². The molecule has 4 aromatic rings. The minimum Gasteiger partial charge on any atom is -0.454 e. The second kappa shape index (κ2) is 6.82. The number of aromatic nitrogens is 1. The lowest BCUT2D eigenvalue weighted by molar-refractivity contribution is 0.173. The molecule has 3 heterocycles. The number of ether oxygens (including phenoxy) is 2. The van der Waals surface area contributed by atoms with Crippen LogP contribution in [0.1, 0.15) is 24.4 Å². The first-order valence-electron chi connectivity index (χ1n) is 10.5. The van der Waals surface area contributed by atoms with Crippen LogP contribution in [0, 0.1) is 0 Å². The maximum Gasteiger partial charge on any atom is 0.231 e. The molecule has 0 aliphatic carbocycles. The fourth-order valence-electron chi connectivity index (χ4n) is 4.98. The van der Waals surface area contributed by atoms with Crippen molar-refractivity contribution in [2.24, 2.45) is 0 Å². The summed E-state index contributed by atoms with van der Waals surface area (Å²) in [6, 6.07) is 24.5. The highest BCUT2D eigenvalue weighted by molar-refractivity contribution is 6.08. The van der Waals surface area contributed by atoms with Crippen molar-refractivity contribution in [3.05, 3.63) is 72.3 Å². The van der Waals surface area contributed by atoms with E-state index in [9.17, 15) is 0 Å². The van der Waals surface area contributed by atoms with E-state index in [-0.39, 0.29) is 0 Å². The lowest BCUT2D eigenvalue weighted by atomic mass is 10.0. The monoisotopic (exact) mass is 384 g/mol. The molecule has 2 aliphatic heterocycles. The second-order valence-corrected chi connectivity index (χ2v) is 8.10. The minimum atomic E-state index is 0.336.